The van der Waals surface area contributed by atoms with Gasteiger partial charge in [-0.05, 0) is 32.3 Å². The molecular formula is C16H25N3O2S. The number of thiophene rings is 1. The molecule has 1 aliphatic rings. The molecule has 1 aromatic rings. The monoisotopic (exact) mass is 323 g/mol. The Bertz CT molecular complexity index is 495. The topological polar surface area (TPSA) is 52.7 Å². The van der Waals surface area contributed by atoms with Crippen LogP contribution >= 0.6 is 11.3 Å². The minimum absolute atomic E-state index is 0.0102. The molecule has 2 atom stereocenters. The number of ketones is 1. The van der Waals surface area contributed by atoms with Crippen molar-refractivity contribution in [3.8, 4) is 0 Å². The lowest BCUT2D eigenvalue weighted by molar-refractivity contribution is -0.127. The first-order chi connectivity index (χ1) is 10.5. The Morgan fingerprint density at radius 2 is 1.95 bits per heavy atom. The summed E-state index contributed by atoms with van der Waals surface area (Å²) in [6, 6.07) is 3.41. The molecule has 1 aliphatic heterocycles. The molecule has 122 valence electrons. The van der Waals surface area contributed by atoms with Gasteiger partial charge in [0, 0.05) is 38.6 Å². The van der Waals surface area contributed by atoms with E-state index < -0.39 is 0 Å². The molecule has 1 N–H and O–H groups in total. The molecule has 22 heavy (non-hydrogen) atoms. The predicted octanol–water partition coefficient (Wildman–Crippen LogP) is 1.46. The van der Waals surface area contributed by atoms with Crippen molar-refractivity contribution in [1.29, 1.82) is 0 Å². The van der Waals surface area contributed by atoms with E-state index in [1.807, 2.05) is 31.4 Å². The van der Waals surface area contributed by atoms with Crippen LogP contribution in [0.3, 0.4) is 0 Å². The molecule has 0 bridgehead atoms. The van der Waals surface area contributed by atoms with Crippen LogP contribution in [0.2, 0.25) is 0 Å². The molecule has 0 unspecified atom stereocenters. The number of Topliss-reactive ketones (excluding diaryl/α,β-unsaturated/α-hetero) is 1. The van der Waals surface area contributed by atoms with Crippen LogP contribution in [0.4, 0.5) is 0 Å². The highest BCUT2D eigenvalue weighted by Gasteiger charge is 2.25. The number of hydrogen-bond donors (Lipinski definition) is 1. The van der Waals surface area contributed by atoms with E-state index >= 15 is 0 Å². The summed E-state index contributed by atoms with van der Waals surface area (Å²) < 4.78 is 0. The van der Waals surface area contributed by atoms with E-state index in [4.69, 9.17) is 0 Å². The molecule has 6 heteroatoms. The Hall–Kier alpha value is -1.24. The van der Waals surface area contributed by atoms with Gasteiger partial charge in [0.2, 0.25) is 5.91 Å². The van der Waals surface area contributed by atoms with Gasteiger partial charge < -0.3 is 10.2 Å². The molecule has 1 amide bonds. The summed E-state index contributed by atoms with van der Waals surface area (Å²) >= 11 is 1.45. The summed E-state index contributed by atoms with van der Waals surface area (Å²) in [7, 11) is 2.10. The highest BCUT2D eigenvalue weighted by molar-refractivity contribution is 7.12. The Balaban J connectivity index is 1.79. The summed E-state index contributed by atoms with van der Waals surface area (Å²) in [5, 5.41) is 4.87. The lowest BCUT2D eigenvalue weighted by Crippen LogP contribution is -2.54. The zero-order valence-corrected chi connectivity index (χ0v) is 14.4. The number of rotatable bonds is 6. The maximum atomic E-state index is 12.3. The molecule has 0 saturated carbocycles. The van der Waals surface area contributed by atoms with Gasteiger partial charge in [0.15, 0.2) is 5.78 Å². The lowest BCUT2D eigenvalue weighted by atomic mass is 10.1. The van der Waals surface area contributed by atoms with Gasteiger partial charge in [-0.15, -0.1) is 11.3 Å². The highest BCUT2D eigenvalue weighted by Crippen LogP contribution is 2.12. The third-order valence-corrected chi connectivity index (χ3v) is 5.05. The number of carbonyl (C=O) groups excluding carboxylic acids is 2. The minimum atomic E-state index is -0.145. The maximum absolute atomic E-state index is 12.3. The first kappa shape index (κ1) is 17.1. The van der Waals surface area contributed by atoms with Crippen LogP contribution in [0.15, 0.2) is 17.5 Å². The molecule has 2 rings (SSSR count). The molecule has 2 heterocycles. The van der Waals surface area contributed by atoms with Crippen LogP contribution in [0, 0.1) is 0 Å². The average Bonchev–Trinajstić information content (AvgIpc) is 3.01. The molecule has 5 nitrogen and oxygen atoms in total. The zero-order valence-electron chi connectivity index (χ0n) is 13.5. The Morgan fingerprint density at radius 3 is 2.55 bits per heavy atom. The third-order valence-electron chi connectivity index (χ3n) is 4.14. The van der Waals surface area contributed by atoms with Crippen molar-refractivity contribution in [3.05, 3.63) is 22.4 Å². The van der Waals surface area contributed by atoms with Crippen LogP contribution in [0.1, 0.15) is 29.9 Å². The summed E-state index contributed by atoms with van der Waals surface area (Å²) in [4.78, 5) is 29.6. The summed E-state index contributed by atoms with van der Waals surface area (Å²) in [6.45, 7) is 7.63. The Kier molecular flexibility index (Phi) is 6.11. The van der Waals surface area contributed by atoms with Gasteiger partial charge in [0.05, 0.1) is 10.9 Å². The Morgan fingerprint density at radius 1 is 1.27 bits per heavy atom. The number of hydrogen-bond acceptors (Lipinski definition) is 5. The number of piperazine rings is 1. The largest absolute Gasteiger partial charge is 0.352 e. The van der Waals surface area contributed by atoms with Crippen LogP contribution in [0.25, 0.3) is 0 Å². The highest BCUT2D eigenvalue weighted by atomic mass is 32.1. The molecule has 0 spiro atoms. The SMILES string of the molecule is C[C@H](C(=O)N[C@@H](C)CC(=O)c1cccs1)N1CCN(C)CC1. The van der Waals surface area contributed by atoms with Crippen molar-refractivity contribution >= 4 is 23.0 Å². The van der Waals surface area contributed by atoms with Crippen LogP contribution < -0.4 is 5.32 Å². The average molecular weight is 323 g/mol. The molecule has 1 fully saturated rings. The molecule has 0 radical (unpaired) electrons. The van der Waals surface area contributed by atoms with E-state index in [2.05, 4.69) is 22.2 Å². The lowest BCUT2D eigenvalue weighted by Gasteiger charge is -2.36. The van der Waals surface area contributed by atoms with Gasteiger partial charge in [-0.25, -0.2) is 0 Å². The Labute approximate surface area is 136 Å². The van der Waals surface area contributed by atoms with E-state index in [-0.39, 0.29) is 23.8 Å². The molecule has 0 aromatic carbocycles. The summed E-state index contributed by atoms with van der Waals surface area (Å²) in [5.41, 5.74) is 0. The van der Waals surface area contributed by atoms with Gasteiger partial charge in [0.25, 0.3) is 0 Å². The number of likely N-dealkylation sites (N-methyl/N-ethyl adjacent to an activating group) is 1. The molecule has 1 aromatic heterocycles. The standard InChI is InChI=1S/C16H25N3O2S/c1-12(11-14(20)15-5-4-10-22-15)17-16(21)13(2)19-8-6-18(3)7-9-19/h4-5,10,12-13H,6-9,11H2,1-3H3,(H,17,21)/t12-,13+/m0/s1. The second kappa shape index (κ2) is 7.85. The summed E-state index contributed by atoms with van der Waals surface area (Å²) in [5.74, 6) is 0.103. The predicted molar refractivity (Wildman–Crippen MR) is 89.4 cm³/mol. The first-order valence-corrected chi connectivity index (χ1v) is 8.65. The van der Waals surface area contributed by atoms with Gasteiger partial charge >= 0.3 is 0 Å². The van der Waals surface area contributed by atoms with Crippen LogP contribution in [-0.4, -0.2) is 66.8 Å². The van der Waals surface area contributed by atoms with Gasteiger partial charge in [-0.1, -0.05) is 6.07 Å². The number of amides is 1. The number of carbonyl (C=O) groups is 2. The second-order valence-corrected chi connectivity index (χ2v) is 6.98. The van der Waals surface area contributed by atoms with Crippen molar-refractivity contribution in [2.45, 2.75) is 32.4 Å². The zero-order chi connectivity index (χ0) is 16.1. The van der Waals surface area contributed by atoms with Crippen LogP contribution in [0.5, 0.6) is 0 Å². The van der Waals surface area contributed by atoms with Gasteiger partial charge in [-0.3, -0.25) is 14.5 Å². The quantitative estimate of drug-likeness (QED) is 0.806. The molecule has 0 aliphatic carbocycles. The normalized spacial score (nSPS) is 19.6. The third kappa shape index (κ3) is 4.63. The van der Waals surface area contributed by atoms with Crippen molar-refractivity contribution in [2.24, 2.45) is 0 Å². The maximum Gasteiger partial charge on any atom is 0.237 e. The fourth-order valence-electron chi connectivity index (χ4n) is 2.61. The first-order valence-electron chi connectivity index (χ1n) is 7.77. The van der Waals surface area contributed by atoms with Gasteiger partial charge in [0.1, 0.15) is 0 Å². The fraction of sp³-hybridized carbons (Fsp3) is 0.625. The number of nitrogens with zero attached hydrogens (tertiary/aromatic N) is 2. The second-order valence-electron chi connectivity index (χ2n) is 6.03. The van der Waals surface area contributed by atoms with Crippen molar-refractivity contribution in [1.82, 2.24) is 15.1 Å². The number of nitrogens with one attached hydrogen (secondary N) is 1. The van der Waals surface area contributed by atoms with Crippen molar-refractivity contribution < 1.29 is 9.59 Å². The van der Waals surface area contributed by atoms with E-state index in [0.717, 1.165) is 31.1 Å². The molecular weight excluding hydrogens is 298 g/mol. The minimum Gasteiger partial charge on any atom is -0.352 e. The smallest absolute Gasteiger partial charge is 0.237 e. The van der Waals surface area contributed by atoms with E-state index in [9.17, 15) is 9.59 Å². The van der Waals surface area contributed by atoms with Crippen molar-refractivity contribution in [2.75, 3.05) is 33.2 Å². The van der Waals surface area contributed by atoms with Crippen LogP contribution in [-0.2, 0) is 4.79 Å². The van der Waals surface area contributed by atoms with E-state index in [1.165, 1.54) is 11.3 Å². The van der Waals surface area contributed by atoms with Gasteiger partial charge in [-0.2, -0.15) is 0 Å². The van der Waals surface area contributed by atoms with Crippen molar-refractivity contribution in [3.63, 3.8) is 0 Å². The fourth-order valence-corrected chi connectivity index (χ4v) is 3.28. The van der Waals surface area contributed by atoms with E-state index in [0.29, 0.717) is 6.42 Å². The molecule has 1 saturated heterocycles. The summed E-state index contributed by atoms with van der Waals surface area (Å²) in [6.07, 6.45) is 0.349. The van der Waals surface area contributed by atoms with E-state index in [1.54, 1.807) is 0 Å².